The highest BCUT2D eigenvalue weighted by Crippen LogP contribution is 2.19. The van der Waals surface area contributed by atoms with Gasteiger partial charge in [0.25, 0.3) is 0 Å². The molecule has 25 heavy (non-hydrogen) atoms. The van der Waals surface area contributed by atoms with Crippen LogP contribution in [0.25, 0.3) is 11.8 Å². The van der Waals surface area contributed by atoms with Gasteiger partial charge >= 0.3 is 0 Å². The largest absolute Gasteiger partial charge is 0.339 e. The van der Waals surface area contributed by atoms with Crippen LogP contribution in [-0.2, 0) is 4.79 Å². The van der Waals surface area contributed by atoms with Crippen molar-refractivity contribution < 1.29 is 9.18 Å². The number of hydrogen-bond donors (Lipinski definition) is 0. The summed E-state index contributed by atoms with van der Waals surface area (Å²) >= 11 is 0. The zero-order chi connectivity index (χ0) is 18.4. The van der Waals surface area contributed by atoms with Crippen LogP contribution in [0, 0.1) is 19.7 Å². The molecule has 1 aromatic heterocycles. The summed E-state index contributed by atoms with van der Waals surface area (Å²) in [6, 6.07) is 6.21. The predicted molar refractivity (Wildman–Crippen MR) is 99.2 cm³/mol. The molecule has 0 bridgehead atoms. The van der Waals surface area contributed by atoms with Gasteiger partial charge in [0.15, 0.2) is 0 Å². The van der Waals surface area contributed by atoms with Gasteiger partial charge in [0.1, 0.15) is 5.82 Å². The summed E-state index contributed by atoms with van der Waals surface area (Å²) in [5, 5.41) is 4.52. The monoisotopic (exact) mass is 343 g/mol. The average molecular weight is 343 g/mol. The summed E-state index contributed by atoms with van der Waals surface area (Å²) in [7, 11) is 0. The first kappa shape index (κ1) is 18.9. The molecule has 1 amide bonds. The second-order valence-corrected chi connectivity index (χ2v) is 6.13. The number of aryl methyl sites for hydroxylation is 1. The number of halogens is 1. The molecule has 0 saturated carbocycles. The fourth-order valence-corrected chi connectivity index (χ4v) is 2.86. The molecule has 0 aliphatic carbocycles. The highest BCUT2D eigenvalue weighted by Gasteiger charge is 2.13. The number of carbonyl (C=O) groups is 1. The van der Waals surface area contributed by atoms with Crippen molar-refractivity contribution in [1.29, 1.82) is 0 Å². The van der Waals surface area contributed by atoms with E-state index in [0.29, 0.717) is 0 Å². The maximum absolute atomic E-state index is 13.1. The molecule has 0 spiro atoms. The van der Waals surface area contributed by atoms with Crippen LogP contribution < -0.4 is 0 Å². The third-order valence-corrected chi connectivity index (χ3v) is 4.11. The molecule has 0 radical (unpaired) electrons. The van der Waals surface area contributed by atoms with Crippen LogP contribution in [0.3, 0.4) is 0 Å². The minimum Gasteiger partial charge on any atom is -0.339 e. The molecule has 0 fully saturated rings. The van der Waals surface area contributed by atoms with Crippen LogP contribution in [0.5, 0.6) is 0 Å². The Morgan fingerprint density at radius 2 is 1.76 bits per heavy atom. The van der Waals surface area contributed by atoms with Crippen molar-refractivity contribution in [3.63, 3.8) is 0 Å². The van der Waals surface area contributed by atoms with E-state index in [9.17, 15) is 9.18 Å². The third-order valence-electron chi connectivity index (χ3n) is 4.11. The molecule has 1 heterocycles. The fourth-order valence-electron chi connectivity index (χ4n) is 2.86. The number of hydrogen-bond acceptors (Lipinski definition) is 2. The molecular weight excluding hydrogens is 317 g/mol. The summed E-state index contributed by atoms with van der Waals surface area (Å²) in [6.07, 6.45) is 5.34. The molecule has 2 aromatic rings. The van der Waals surface area contributed by atoms with Gasteiger partial charge in [-0.05, 0) is 57.0 Å². The Labute approximate surface area is 149 Å². The van der Waals surface area contributed by atoms with E-state index < -0.39 is 0 Å². The normalized spacial score (nSPS) is 11.2. The first-order valence-corrected chi connectivity index (χ1v) is 8.77. The van der Waals surface area contributed by atoms with E-state index in [4.69, 9.17) is 0 Å². The Balaban J connectivity index is 2.25. The number of rotatable bonds is 7. The van der Waals surface area contributed by atoms with Gasteiger partial charge in [-0.25, -0.2) is 9.07 Å². The Bertz CT molecular complexity index is 741. The lowest BCUT2D eigenvalue weighted by Gasteiger charge is -2.19. The second-order valence-electron chi connectivity index (χ2n) is 6.13. The number of amides is 1. The van der Waals surface area contributed by atoms with Crippen LogP contribution in [0.4, 0.5) is 4.39 Å². The quantitative estimate of drug-likeness (QED) is 0.703. The Hall–Kier alpha value is -2.43. The van der Waals surface area contributed by atoms with Crippen LogP contribution in [0.2, 0.25) is 0 Å². The van der Waals surface area contributed by atoms with E-state index in [2.05, 4.69) is 18.9 Å². The highest BCUT2D eigenvalue weighted by molar-refractivity contribution is 5.92. The molecule has 5 heteroatoms. The first-order chi connectivity index (χ1) is 12.0. The standard InChI is InChI=1S/C20H26FN3O/c1-5-13-23(14-6-2)20(25)12-11-19-15(3)22-24(16(19)4)18-9-7-17(21)8-10-18/h7-12H,5-6,13-14H2,1-4H3/b12-11+. The van der Waals surface area contributed by atoms with Crippen LogP contribution in [-0.4, -0.2) is 33.7 Å². The SMILES string of the molecule is CCCN(CCC)C(=O)/C=C/c1c(C)nn(-c2ccc(F)cc2)c1C. The molecule has 0 unspecified atom stereocenters. The van der Waals surface area contributed by atoms with E-state index in [1.165, 1.54) is 12.1 Å². The first-order valence-electron chi connectivity index (χ1n) is 8.77. The second kappa shape index (κ2) is 8.60. The van der Waals surface area contributed by atoms with E-state index in [1.807, 2.05) is 24.8 Å². The number of nitrogens with zero attached hydrogens (tertiary/aromatic N) is 3. The third kappa shape index (κ3) is 4.56. The predicted octanol–water partition coefficient (Wildman–Crippen LogP) is 4.29. The molecule has 0 N–H and O–H groups in total. The van der Waals surface area contributed by atoms with E-state index >= 15 is 0 Å². The van der Waals surface area contributed by atoms with E-state index in [1.54, 1.807) is 22.9 Å². The Morgan fingerprint density at radius 1 is 1.16 bits per heavy atom. The molecule has 0 saturated heterocycles. The fraction of sp³-hybridized carbons (Fsp3) is 0.400. The van der Waals surface area contributed by atoms with Gasteiger partial charge < -0.3 is 4.90 Å². The van der Waals surface area contributed by atoms with Gasteiger partial charge in [0.2, 0.25) is 5.91 Å². The van der Waals surface area contributed by atoms with Gasteiger partial charge in [-0.15, -0.1) is 0 Å². The molecular formula is C20H26FN3O. The summed E-state index contributed by atoms with van der Waals surface area (Å²) in [5.74, 6) is -0.250. The lowest BCUT2D eigenvalue weighted by Crippen LogP contribution is -2.30. The summed E-state index contributed by atoms with van der Waals surface area (Å²) in [6.45, 7) is 9.53. The van der Waals surface area contributed by atoms with Gasteiger partial charge in [-0.2, -0.15) is 5.10 Å². The lowest BCUT2D eigenvalue weighted by molar-refractivity contribution is -0.126. The topological polar surface area (TPSA) is 38.1 Å². The van der Waals surface area contributed by atoms with Crippen molar-refractivity contribution in [2.24, 2.45) is 0 Å². The summed E-state index contributed by atoms with van der Waals surface area (Å²) in [5.41, 5.74) is 3.48. The molecule has 1 aromatic carbocycles. The zero-order valence-corrected chi connectivity index (χ0v) is 15.4. The van der Waals surface area contributed by atoms with Crippen LogP contribution >= 0.6 is 0 Å². The van der Waals surface area contributed by atoms with Crippen molar-refractivity contribution in [2.75, 3.05) is 13.1 Å². The number of aromatic nitrogens is 2. The minimum atomic E-state index is -0.275. The summed E-state index contributed by atoms with van der Waals surface area (Å²) in [4.78, 5) is 14.3. The van der Waals surface area contributed by atoms with E-state index in [0.717, 1.165) is 48.6 Å². The van der Waals surface area contributed by atoms with Gasteiger partial charge in [-0.1, -0.05) is 13.8 Å². The van der Waals surface area contributed by atoms with Crippen molar-refractivity contribution in [3.8, 4) is 5.69 Å². The van der Waals surface area contributed by atoms with Crippen LogP contribution in [0.15, 0.2) is 30.3 Å². The minimum absolute atomic E-state index is 0.0250. The van der Waals surface area contributed by atoms with Crippen molar-refractivity contribution in [1.82, 2.24) is 14.7 Å². The molecule has 0 aliphatic heterocycles. The number of benzene rings is 1. The smallest absolute Gasteiger partial charge is 0.246 e. The molecule has 2 rings (SSSR count). The van der Waals surface area contributed by atoms with Crippen molar-refractivity contribution in [2.45, 2.75) is 40.5 Å². The van der Waals surface area contributed by atoms with Crippen molar-refractivity contribution in [3.05, 3.63) is 53.1 Å². The highest BCUT2D eigenvalue weighted by atomic mass is 19.1. The average Bonchev–Trinajstić information content (AvgIpc) is 2.87. The lowest BCUT2D eigenvalue weighted by atomic mass is 10.1. The maximum Gasteiger partial charge on any atom is 0.246 e. The van der Waals surface area contributed by atoms with E-state index in [-0.39, 0.29) is 11.7 Å². The van der Waals surface area contributed by atoms with Gasteiger partial charge in [-0.3, -0.25) is 4.79 Å². The van der Waals surface area contributed by atoms with Crippen molar-refractivity contribution >= 4 is 12.0 Å². The Kier molecular flexibility index (Phi) is 6.51. The summed E-state index contributed by atoms with van der Waals surface area (Å²) < 4.78 is 14.9. The van der Waals surface area contributed by atoms with Gasteiger partial charge in [0, 0.05) is 30.4 Å². The zero-order valence-electron chi connectivity index (χ0n) is 15.4. The number of carbonyl (C=O) groups excluding carboxylic acids is 1. The maximum atomic E-state index is 13.1. The van der Waals surface area contributed by atoms with Gasteiger partial charge in [0.05, 0.1) is 11.4 Å². The molecule has 0 aliphatic rings. The van der Waals surface area contributed by atoms with Crippen LogP contribution in [0.1, 0.15) is 43.6 Å². The molecule has 0 atom stereocenters. The Morgan fingerprint density at radius 3 is 2.32 bits per heavy atom. The molecule has 4 nitrogen and oxygen atoms in total. The molecule has 134 valence electrons.